The van der Waals surface area contributed by atoms with Crippen molar-refractivity contribution in [2.45, 2.75) is 46.7 Å². The van der Waals surface area contributed by atoms with Crippen LogP contribution in [-0.4, -0.2) is 21.0 Å². The third-order valence-electron chi connectivity index (χ3n) is 3.35. The molecular weight excluding hydrogens is 266 g/mol. The average Bonchev–Trinajstić information content (AvgIpc) is 2.68. The molecule has 0 aliphatic rings. The van der Waals surface area contributed by atoms with Crippen LogP contribution in [0.5, 0.6) is 5.75 Å². The summed E-state index contributed by atoms with van der Waals surface area (Å²) in [7, 11) is 0. The number of nitrogens with zero attached hydrogens (tertiary/aromatic N) is 3. The van der Waals surface area contributed by atoms with Crippen molar-refractivity contribution in [3.8, 4) is 5.75 Å². The van der Waals surface area contributed by atoms with Gasteiger partial charge in [0.2, 0.25) is 0 Å². The van der Waals surface area contributed by atoms with Crippen molar-refractivity contribution in [1.82, 2.24) is 14.3 Å². The first-order valence-electron chi connectivity index (χ1n) is 7.16. The van der Waals surface area contributed by atoms with E-state index in [4.69, 9.17) is 4.74 Å². The quantitative estimate of drug-likeness (QED) is 0.869. The van der Waals surface area contributed by atoms with Crippen LogP contribution in [0.2, 0.25) is 0 Å². The molecule has 0 N–H and O–H groups in total. The highest BCUT2D eigenvalue weighted by Gasteiger charge is 2.20. The molecule has 1 heterocycles. The molecule has 0 aliphatic heterocycles. The third-order valence-corrected chi connectivity index (χ3v) is 3.35. The van der Waals surface area contributed by atoms with E-state index in [0.29, 0.717) is 19.0 Å². The molecule has 1 aromatic heterocycles. The van der Waals surface area contributed by atoms with Gasteiger partial charge >= 0.3 is 5.69 Å². The normalized spacial score (nSPS) is 11.7. The Bertz CT molecular complexity index is 678. The predicted octanol–water partition coefficient (Wildman–Crippen LogP) is 2.50. The van der Waals surface area contributed by atoms with Crippen molar-refractivity contribution < 1.29 is 4.74 Å². The molecule has 0 amide bonds. The maximum atomic E-state index is 12.4. The van der Waals surface area contributed by atoms with Gasteiger partial charge in [-0.25, -0.2) is 9.48 Å². The Hall–Kier alpha value is -2.04. The van der Waals surface area contributed by atoms with Crippen molar-refractivity contribution in [3.63, 3.8) is 0 Å². The largest absolute Gasteiger partial charge is 0.491 e. The lowest BCUT2D eigenvalue weighted by Crippen LogP contribution is -2.36. The van der Waals surface area contributed by atoms with Crippen molar-refractivity contribution in [1.29, 1.82) is 0 Å². The van der Waals surface area contributed by atoms with Gasteiger partial charge in [-0.15, -0.1) is 0 Å². The molecule has 0 fully saturated rings. The number of ether oxygens (including phenoxy) is 1. The highest BCUT2D eigenvalue weighted by atomic mass is 16.5. The maximum Gasteiger partial charge on any atom is 0.346 e. The number of rotatable bonds is 4. The van der Waals surface area contributed by atoms with Gasteiger partial charge in [0.15, 0.2) is 0 Å². The van der Waals surface area contributed by atoms with Crippen LogP contribution >= 0.6 is 0 Å². The summed E-state index contributed by atoms with van der Waals surface area (Å²) in [6.45, 7) is 10.7. The van der Waals surface area contributed by atoms with Gasteiger partial charge in [-0.05, 0) is 46.2 Å². The van der Waals surface area contributed by atoms with E-state index in [1.54, 1.807) is 4.57 Å². The molecule has 0 spiro atoms. The summed E-state index contributed by atoms with van der Waals surface area (Å²) in [6.07, 6.45) is 0. The maximum absolute atomic E-state index is 12.4. The topological polar surface area (TPSA) is 49.0 Å². The SMILES string of the molecule is Cc1ccccc1OCCn1c(C)nn(C(C)(C)C)c1=O. The van der Waals surface area contributed by atoms with E-state index < -0.39 is 0 Å². The second-order valence-corrected chi connectivity index (χ2v) is 6.18. The number of para-hydroxylation sites is 1. The van der Waals surface area contributed by atoms with Crippen LogP contribution in [0.1, 0.15) is 32.2 Å². The monoisotopic (exact) mass is 289 g/mol. The number of hydrogen-bond donors (Lipinski definition) is 0. The minimum atomic E-state index is -0.316. The minimum absolute atomic E-state index is 0.0895. The van der Waals surface area contributed by atoms with Crippen LogP contribution in [0, 0.1) is 13.8 Å². The smallest absolute Gasteiger partial charge is 0.346 e. The van der Waals surface area contributed by atoms with Gasteiger partial charge in [0.25, 0.3) is 0 Å². The Labute approximate surface area is 125 Å². The minimum Gasteiger partial charge on any atom is -0.491 e. The summed E-state index contributed by atoms with van der Waals surface area (Å²) in [5.74, 6) is 1.56. The Morgan fingerprint density at radius 2 is 1.86 bits per heavy atom. The number of hydrogen-bond acceptors (Lipinski definition) is 3. The van der Waals surface area contributed by atoms with E-state index in [-0.39, 0.29) is 11.2 Å². The highest BCUT2D eigenvalue weighted by molar-refractivity contribution is 5.31. The van der Waals surface area contributed by atoms with Gasteiger partial charge in [0.05, 0.1) is 12.1 Å². The van der Waals surface area contributed by atoms with E-state index in [1.807, 2.05) is 58.9 Å². The van der Waals surface area contributed by atoms with E-state index in [0.717, 1.165) is 11.3 Å². The van der Waals surface area contributed by atoms with Gasteiger partial charge in [-0.1, -0.05) is 18.2 Å². The molecule has 0 radical (unpaired) electrons. The molecule has 1 aromatic carbocycles. The lowest BCUT2D eigenvalue weighted by Gasteiger charge is -2.16. The van der Waals surface area contributed by atoms with Gasteiger partial charge in [0.1, 0.15) is 18.2 Å². The lowest BCUT2D eigenvalue weighted by atomic mass is 10.1. The number of aromatic nitrogens is 3. The van der Waals surface area contributed by atoms with Crippen LogP contribution < -0.4 is 10.4 Å². The standard InChI is InChI=1S/C16H23N3O2/c1-12-8-6-7-9-14(12)21-11-10-18-13(2)17-19(15(18)20)16(3,4)5/h6-9H,10-11H2,1-5H3. The Balaban J connectivity index is 2.10. The molecule has 0 atom stereocenters. The number of benzene rings is 1. The zero-order chi connectivity index (χ0) is 15.6. The first kappa shape index (κ1) is 15.4. The summed E-state index contributed by atoms with van der Waals surface area (Å²) in [6, 6.07) is 7.86. The predicted molar refractivity (Wildman–Crippen MR) is 82.9 cm³/mol. The molecule has 0 saturated heterocycles. The average molecular weight is 289 g/mol. The van der Waals surface area contributed by atoms with Gasteiger partial charge in [0, 0.05) is 0 Å². The zero-order valence-electron chi connectivity index (χ0n) is 13.4. The molecule has 21 heavy (non-hydrogen) atoms. The van der Waals surface area contributed by atoms with Gasteiger partial charge < -0.3 is 4.74 Å². The Morgan fingerprint density at radius 3 is 2.43 bits per heavy atom. The third kappa shape index (κ3) is 3.35. The molecule has 0 bridgehead atoms. The molecule has 0 saturated carbocycles. The van der Waals surface area contributed by atoms with E-state index in [2.05, 4.69) is 5.10 Å². The van der Waals surface area contributed by atoms with Crippen molar-refractivity contribution in [2.24, 2.45) is 0 Å². The van der Waals surface area contributed by atoms with E-state index in [1.165, 1.54) is 4.68 Å². The molecule has 2 rings (SSSR count). The summed E-state index contributed by atoms with van der Waals surface area (Å²) in [4.78, 5) is 12.4. The van der Waals surface area contributed by atoms with Crippen LogP contribution in [0.4, 0.5) is 0 Å². The van der Waals surface area contributed by atoms with E-state index >= 15 is 0 Å². The summed E-state index contributed by atoms with van der Waals surface area (Å²) >= 11 is 0. The van der Waals surface area contributed by atoms with Crippen molar-refractivity contribution in [2.75, 3.05) is 6.61 Å². The second-order valence-electron chi connectivity index (χ2n) is 6.18. The molecular formula is C16H23N3O2. The molecule has 5 heteroatoms. The van der Waals surface area contributed by atoms with E-state index in [9.17, 15) is 4.79 Å². The van der Waals surface area contributed by atoms with Gasteiger partial charge in [-0.2, -0.15) is 5.10 Å². The summed E-state index contributed by atoms with van der Waals surface area (Å²) in [5.41, 5.74) is 0.685. The summed E-state index contributed by atoms with van der Waals surface area (Å²) in [5, 5.41) is 4.34. The van der Waals surface area contributed by atoms with Crippen LogP contribution in [0.15, 0.2) is 29.1 Å². The first-order chi connectivity index (χ1) is 9.80. The Morgan fingerprint density at radius 1 is 1.19 bits per heavy atom. The summed E-state index contributed by atoms with van der Waals surface area (Å²) < 4.78 is 8.93. The fourth-order valence-electron chi connectivity index (χ4n) is 2.15. The highest BCUT2D eigenvalue weighted by Crippen LogP contribution is 2.16. The van der Waals surface area contributed by atoms with Crippen LogP contribution in [0.25, 0.3) is 0 Å². The molecule has 2 aromatic rings. The number of aryl methyl sites for hydroxylation is 2. The van der Waals surface area contributed by atoms with Gasteiger partial charge in [-0.3, -0.25) is 4.57 Å². The van der Waals surface area contributed by atoms with Crippen molar-refractivity contribution >= 4 is 0 Å². The fraction of sp³-hybridized carbons (Fsp3) is 0.500. The van der Waals surface area contributed by atoms with Crippen LogP contribution in [-0.2, 0) is 12.1 Å². The lowest BCUT2D eigenvalue weighted by molar-refractivity contribution is 0.289. The van der Waals surface area contributed by atoms with Crippen molar-refractivity contribution in [3.05, 3.63) is 46.1 Å². The second kappa shape index (κ2) is 5.76. The molecule has 0 unspecified atom stereocenters. The zero-order valence-corrected chi connectivity index (χ0v) is 13.4. The van der Waals surface area contributed by atoms with Crippen LogP contribution in [0.3, 0.4) is 0 Å². The molecule has 0 aliphatic carbocycles. The molecule has 5 nitrogen and oxygen atoms in total. The fourth-order valence-corrected chi connectivity index (χ4v) is 2.15. The Kier molecular flexibility index (Phi) is 4.21. The molecule has 114 valence electrons. The first-order valence-corrected chi connectivity index (χ1v) is 7.16.